The summed E-state index contributed by atoms with van der Waals surface area (Å²) in [5.41, 5.74) is -0.974. The molecule has 0 saturated heterocycles. The Morgan fingerprint density at radius 2 is 1.71 bits per heavy atom. The molecule has 5 heteroatoms. The van der Waals surface area contributed by atoms with Crippen LogP contribution in [0.2, 0.25) is 0 Å². The molecule has 0 radical (unpaired) electrons. The molecule has 14 heavy (non-hydrogen) atoms. The summed E-state index contributed by atoms with van der Waals surface area (Å²) >= 11 is 3.16. The van der Waals surface area contributed by atoms with Gasteiger partial charge in [-0.1, -0.05) is 29.8 Å². The molecule has 0 aromatic carbocycles. The molecule has 0 rings (SSSR count). The van der Waals surface area contributed by atoms with Gasteiger partial charge in [0.2, 0.25) is 0 Å². The predicted molar refractivity (Wildman–Crippen MR) is 55.6 cm³/mol. The maximum absolute atomic E-state index is 11.1. The summed E-state index contributed by atoms with van der Waals surface area (Å²) in [6.07, 6.45) is 0.665. The summed E-state index contributed by atoms with van der Waals surface area (Å²) in [5.74, 6) is -1.93. The maximum atomic E-state index is 11.1. The van der Waals surface area contributed by atoms with Crippen LogP contribution in [-0.2, 0) is 9.59 Å². The number of hydrogen-bond donors (Lipinski definition) is 2. The fourth-order valence-corrected chi connectivity index (χ4v) is 2.60. The lowest BCUT2D eigenvalue weighted by atomic mass is 9.78. The molecule has 2 N–H and O–H groups in total. The Morgan fingerprint density at radius 1 is 1.29 bits per heavy atom. The zero-order chi connectivity index (χ0) is 11.4. The van der Waals surface area contributed by atoms with Crippen LogP contribution < -0.4 is 0 Å². The summed E-state index contributed by atoms with van der Waals surface area (Å²) in [6.45, 7) is 3.52. The van der Waals surface area contributed by atoms with Crippen LogP contribution in [-0.4, -0.2) is 27.0 Å². The van der Waals surface area contributed by atoms with E-state index in [0.29, 0.717) is 12.8 Å². The van der Waals surface area contributed by atoms with E-state index in [0.717, 1.165) is 0 Å². The smallest absolute Gasteiger partial charge is 0.310 e. The number of halogens is 1. The van der Waals surface area contributed by atoms with Crippen molar-refractivity contribution in [2.24, 2.45) is 5.41 Å². The molecule has 0 bridgehead atoms. The lowest BCUT2D eigenvalue weighted by Gasteiger charge is -2.31. The lowest BCUT2D eigenvalue weighted by molar-refractivity contribution is -0.150. The molecule has 0 fully saturated rings. The van der Waals surface area contributed by atoms with Crippen LogP contribution in [0.4, 0.5) is 0 Å². The van der Waals surface area contributed by atoms with Gasteiger partial charge in [-0.05, 0) is 12.8 Å². The van der Waals surface area contributed by atoms with Crippen molar-refractivity contribution in [1.82, 2.24) is 0 Å². The fraction of sp³-hybridized carbons (Fsp3) is 0.778. The minimum Gasteiger partial charge on any atom is -0.481 e. The molecular weight excluding hydrogens is 252 g/mol. The molecule has 0 heterocycles. The highest BCUT2D eigenvalue weighted by Crippen LogP contribution is 2.37. The molecule has 0 spiro atoms. The summed E-state index contributed by atoms with van der Waals surface area (Å²) in [4.78, 5) is 21.0. The molecular formula is C9H15BrO4. The largest absolute Gasteiger partial charge is 0.481 e. The van der Waals surface area contributed by atoms with Crippen LogP contribution in [0.15, 0.2) is 0 Å². The number of carboxylic acid groups (broad SMARTS) is 2. The highest BCUT2D eigenvalue weighted by atomic mass is 79.9. The van der Waals surface area contributed by atoms with Crippen molar-refractivity contribution in [3.05, 3.63) is 0 Å². The molecule has 0 saturated carbocycles. The van der Waals surface area contributed by atoms with Gasteiger partial charge in [-0.15, -0.1) is 0 Å². The predicted octanol–water partition coefficient (Wildman–Crippen LogP) is 2.12. The number of rotatable bonds is 6. The van der Waals surface area contributed by atoms with E-state index >= 15 is 0 Å². The Bertz CT molecular complexity index is 223. The van der Waals surface area contributed by atoms with Crippen LogP contribution in [0.3, 0.4) is 0 Å². The first kappa shape index (κ1) is 13.4. The van der Waals surface area contributed by atoms with Crippen LogP contribution >= 0.6 is 15.9 Å². The highest BCUT2D eigenvalue weighted by Gasteiger charge is 2.42. The topological polar surface area (TPSA) is 74.6 Å². The van der Waals surface area contributed by atoms with E-state index in [-0.39, 0.29) is 6.42 Å². The van der Waals surface area contributed by atoms with Crippen molar-refractivity contribution in [3.63, 3.8) is 0 Å². The summed E-state index contributed by atoms with van der Waals surface area (Å²) in [6, 6.07) is 0. The van der Waals surface area contributed by atoms with Crippen molar-refractivity contribution >= 4 is 27.9 Å². The van der Waals surface area contributed by atoms with Gasteiger partial charge in [0.25, 0.3) is 0 Å². The average molecular weight is 267 g/mol. The normalized spacial score (nSPS) is 13.6. The first-order valence-electron chi connectivity index (χ1n) is 4.50. The van der Waals surface area contributed by atoms with Gasteiger partial charge in [-0.3, -0.25) is 9.59 Å². The third kappa shape index (κ3) is 2.70. The van der Waals surface area contributed by atoms with Gasteiger partial charge in [0, 0.05) is 4.83 Å². The Balaban J connectivity index is 4.79. The summed E-state index contributed by atoms with van der Waals surface area (Å²) in [5, 5.41) is 17.7. The van der Waals surface area contributed by atoms with Crippen LogP contribution in [0.1, 0.15) is 33.1 Å². The van der Waals surface area contributed by atoms with E-state index in [4.69, 9.17) is 10.2 Å². The van der Waals surface area contributed by atoms with Gasteiger partial charge in [0.1, 0.15) is 0 Å². The zero-order valence-corrected chi connectivity index (χ0v) is 9.87. The molecule has 4 nitrogen and oxygen atoms in total. The summed E-state index contributed by atoms with van der Waals surface area (Å²) in [7, 11) is 0. The second kappa shape index (κ2) is 5.34. The lowest BCUT2D eigenvalue weighted by Crippen LogP contribution is -2.39. The zero-order valence-electron chi connectivity index (χ0n) is 8.29. The Kier molecular flexibility index (Phi) is 5.12. The standard InChI is InChI=1S/C9H15BrO4/c1-3-9(4-2,8(13)14)6(10)5-7(11)12/h6H,3-5H2,1-2H3,(H,11,12)(H,13,14). The number of hydrogen-bond acceptors (Lipinski definition) is 2. The summed E-state index contributed by atoms with van der Waals surface area (Å²) < 4.78 is 0. The second-order valence-electron chi connectivity index (χ2n) is 3.23. The van der Waals surface area contributed by atoms with Crippen LogP contribution in [0.25, 0.3) is 0 Å². The van der Waals surface area contributed by atoms with Crippen LogP contribution in [0.5, 0.6) is 0 Å². The fourth-order valence-electron chi connectivity index (χ4n) is 1.48. The van der Waals surface area contributed by atoms with Gasteiger partial charge in [0.15, 0.2) is 0 Å². The van der Waals surface area contributed by atoms with Crippen molar-refractivity contribution in [2.45, 2.75) is 37.9 Å². The first-order valence-corrected chi connectivity index (χ1v) is 5.41. The number of alkyl halides is 1. The van der Waals surface area contributed by atoms with Gasteiger partial charge in [-0.25, -0.2) is 0 Å². The molecule has 0 aromatic heterocycles. The van der Waals surface area contributed by atoms with E-state index in [1.165, 1.54) is 0 Å². The molecule has 0 amide bonds. The van der Waals surface area contributed by atoms with E-state index in [2.05, 4.69) is 15.9 Å². The molecule has 1 atom stereocenters. The molecule has 0 aromatic rings. The molecule has 1 unspecified atom stereocenters. The van der Waals surface area contributed by atoms with E-state index in [1.807, 2.05) is 0 Å². The number of aliphatic carboxylic acids is 2. The SMILES string of the molecule is CCC(CC)(C(=O)O)C(Br)CC(=O)O. The Labute approximate surface area is 91.4 Å². The average Bonchev–Trinajstić information content (AvgIpc) is 2.05. The first-order chi connectivity index (χ1) is 6.40. The van der Waals surface area contributed by atoms with E-state index in [9.17, 15) is 9.59 Å². The van der Waals surface area contributed by atoms with Crippen molar-refractivity contribution in [3.8, 4) is 0 Å². The monoisotopic (exact) mass is 266 g/mol. The van der Waals surface area contributed by atoms with Gasteiger partial charge in [-0.2, -0.15) is 0 Å². The van der Waals surface area contributed by atoms with Crippen molar-refractivity contribution < 1.29 is 19.8 Å². The van der Waals surface area contributed by atoms with Gasteiger partial charge >= 0.3 is 11.9 Å². The third-order valence-corrected chi connectivity index (χ3v) is 3.84. The molecule has 82 valence electrons. The molecule has 0 aliphatic heterocycles. The van der Waals surface area contributed by atoms with E-state index < -0.39 is 22.2 Å². The Hall–Kier alpha value is -0.580. The van der Waals surface area contributed by atoms with Crippen LogP contribution in [0, 0.1) is 5.41 Å². The van der Waals surface area contributed by atoms with Crippen molar-refractivity contribution in [2.75, 3.05) is 0 Å². The molecule has 0 aliphatic rings. The van der Waals surface area contributed by atoms with Gasteiger partial charge < -0.3 is 10.2 Å². The van der Waals surface area contributed by atoms with Gasteiger partial charge in [0.05, 0.1) is 11.8 Å². The number of carboxylic acids is 2. The maximum Gasteiger partial charge on any atom is 0.310 e. The molecule has 0 aliphatic carbocycles. The Morgan fingerprint density at radius 3 is 1.93 bits per heavy atom. The van der Waals surface area contributed by atoms with E-state index in [1.54, 1.807) is 13.8 Å². The quantitative estimate of drug-likeness (QED) is 0.723. The highest BCUT2D eigenvalue weighted by molar-refractivity contribution is 9.09. The number of carbonyl (C=O) groups is 2. The van der Waals surface area contributed by atoms with Crippen molar-refractivity contribution in [1.29, 1.82) is 0 Å². The minimum absolute atomic E-state index is 0.173. The third-order valence-electron chi connectivity index (χ3n) is 2.64. The minimum atomic E-state index is -0.987. The second-order valence-corrected chi connectivity index (χ2v) is 4.34.